The minimum absolute atomic E-state index is 0.0910. The van der Waals surface area contributed by atoms with Gasteiger partial charge in [0.1, 0.15) is 0 Å². The summed E-state index contributed by atoms with van der Waals surface area (Å²) in [5, 5.41) is 3.47. The SMILES string of the molecule is Cc1ccc(NC(=O)[C@@H]2C[C@@H]2C)c(Cl)c1. The first-order chi connectivity index (χ1) is 7.08. The van der Waals surface area contributed by atoms with Gasteiger partial charge in [-0.15, -0.1) is 0 Å². The van der Waals surface area contributed by atoms with E-state index >= 15 is 0 Å². The molecule has 0 radical (unpaired) electrons. The van der Waals surface area contributed by atoms with Gasteiger partial charge in [0.25, 0.3) is 0 Å². The van der Waals surface area contributed by atoms with Crippen molar-refractivity contribution in [2.45, 2.75) is 20.3 Å². The van der Waals surface area contributed by atoms with Gasteiger partial charge in [-0.2, -0.15) is 0 Å². The Morgan fingerprint density at radius 1 is 1.53 bits per heavy atom. The van der Waals surface area contributed by atoms with Gasteiger partial charge in [0.05, 0.1) is 10.7 Å². The maximum atomic E-state index is 11.7. The fraction of sp³-hybridized carbons (Fsp3) is 0.417. The number of hydrogen-bond acceptors (Lipinski definition) is 1. The van der Waals surface area contributed by atoms with Crippen molar-refractivity contribution < 1.29 is 4.79 Å². The van der Waals surface area contributed by atoms with E-state index in [1.165, 1.54) is 0 Å². The summed E-state index contributed by atoms with van der Waals surface area (Å²) in [4.78, 5) is 11.7. The van der Waals surface area contributed by atoms with Gasteiger partial charge in [0.2, 0.25) is 5.91 Å². The molecule has 1 N–H and O–H groups in total. The average Bonchev–Trinajstić information content (AvgIpc) is 2.88. The lowest BCUT2D eigenvalue weighted by atomic mass is 10.2. The zero-order valence-electron chi connectivity index (χ0n) is 8.88. The molecule has 15 heavy (non-hydrogen) atoms. The summed E-state index contributed by atoms with van der Waals surface area (Å²) in [6, 6.07) is 5.65. The molecule has 2 rings (SSSR count). The molecule has 1 amide bonds. The molecule has 1 aliphatic carbocycles. The molecule has 0 aliphatic heterocycles. The maximum Gasteiger partial charge on any atom is 0.227 e. The van der Waals surface area contributed by atoms with Crippen molar-refractivity contribution in [2.24, 2.45) is 11.8 Å². The lowest BCUT2D eigenvalue weighted by Gasteiger charge is -2.07. The van der Waals surface area contributed by atoms with Gasteiger partial charge in [-0.25, -0.2) is 0 Å². The normalized spacial score (nSPS) is 23.7. The number of nitrogens with one attached hydrogen (secondary N) is 1. The minimum atomic E-state index is 0.0910. The highest BCUT2D eigenvalue weighted by molar-refractivity contribution is 6.33. The summed E-state index contributed by atoms with van der Waals surface area (Å²) >= 11 is 6.02. The van der Waals surface area contributed by atoms with Gasteiger partial charge < -0.3 is 5.32 Å². The minimum Gasteiger partial charge on any atom is -0.325 e. The Balaban J connectivity index is 2.07. The third-order valence-corrected chi connectivity index (χ3v) is 3.14. The number of carbonyl (C=O) groups is 1. The second kappa shape index (κ2) is 3.86. The number of carbonyl (C=O) groups excluding carboxylic acids is 1. The second-order valence-corrected chi connectivity index (χ2v) is 4.70. The van der Waals surface area contributed by atoms with E-state index in [1.54, 1.807) is 0 Å². The number of hydrogen-bond donors (Lipinski definition) is 1. The topological polar surface area (TPSA) is 29.1 Å². The van der Waals surface area contributed by atoms with E-state index in [0.29, 0.717) is 16.6 Å². The molecule has 0 spiro atoms. The molecule has 2 nitrogen and oxygen atoms in total. The molecule has 0 heterocycles. The molecular formula is C12H14ClNO. The smallest absolute Gasteiger partial charge is 0.227 e. The highest BCUT2D eigenvalue weighted by Gasteiger charge is 2.39. The third kappa shape index (κ3) is 2.32. The van der Waals surface area contributed by atoms with Gasteiger partial charge in [-0.1, -0.05) is 24.6 Å². The van der Waals surface area contributed by atoms with Crippen LogP contribution in [0.15, 0.2) is 18.2 Å². The predicted molar refractivity (Wildman–Crippen MR) is 62.1 cm³/mol. The van der Waals surface area contributed by atoms with Gasteiger partial charge in [0.15, 0.2) is 0 Å². The van der Waals surface area contributed by atoms with Crippen LogP contribution in [-0.4, -0.2) is 5.91 Å². The lowest BCUT2D eigenvalue weighted by Crippen LogP contribution is -2.14. The van der Waals surface area contributed by atoms with Crippen molar-refractivity contribution in [3.63, 3.8) is 0 Å². The van der Waals surface area contributed by atoms with Crippen molar-refractivity contribution in [1.82, 2.24) is 0 Å². The third-order valence-electron chi connectivity index (χ3n) is 2.83. The molecule has 1 saturated carbocycles. The van der Waals surface area contributed by atoms with E-state index in [4.69, 9.17) is 11.6 Å². The van der Waals surface area contributed by atoms with Gasteiger partial charge >= 0.3 is 0 Å². The summed E-state index contributed by atoms with van der Waals surface area (Å²) < 4.78 is 0. The molecule has 0 aromatic heterocycles. The number of aryl methyl sites for hydroxylation is 1. The number of rotatable bonds is 2. The monoisotopic (exact) mass is 223 g/mol. The highest BCUT2D eigenvalue weighted by Crippen LogP contribution is 2.38. The van der Waals surface area contributed by atoms with Crippen molar-refractivity contribution in [3.05, 3.63) is 28.8 Å². The molecule has 80 valence electrons. The van der Waals surface area contributed by atoms with Crippen LogP contribution in [0.1, 0.15) is 18.9 Å². The van der Waals surface area contributed by atoms with Crippen molar-refractivity contribution in [3.8, 4) is 0 Å². The zero-order chi connectivity index (χ0) is 11.0. The summed E-state index contributed by atoms with van der Waals surface area (Å²) in [5.74, 6) is 0.796. The Morgan fingerprint density at radius 2 is 2.20 bits per heavy atom. The van der Waals surface area contributed by atoms with Gasteiger partial charge in [-0.3, -0.25) is 4.79 Å². The Kier molecular flexibility index (Phi) is 2.70. The molecule has 0 bridgehead atoms. The predicted octanol–water partition coefficient (Wildman–Crippen LogP) is 3.24. The Hall–Kier alpha value is -1.02. The molecule has 1 aliphatic rings. The van der Waals surface area contributed by atoms with Crippen molar-refractivity contribution in [1.29, 1.82) is 0 Å². The molecule has 2 atom stereocenters. The fourth-order valence-corrected chi connectivity index (χ4v) is 1.92. The summed E-state index contributed by atoms with van der Waals surface area (Å²) in [6.07, 6.45) is 0.995. The van der Waals surface area contributed by atoms with Crippen LogP contribution in [0, 0.1) is 18.8 Å². The first-order valence-electron chi connectivity index (χ1n) is 5.15. The Morgan fingerprint density at radius 3 is 2.73 bits per heavy atom. The van der Waals surface area contributed by atoms with Crippen LogP contribution in [0.5, 0.6) is 0 Å². The lowest BCUT2D eigenvalue weighted by molar-refractivity contribution is -0.117. The van der Waals surface area contributed by atoms with Gasteiger partial charge in [-0.05, 0) is 37.0 Å². The molecule has 0 unspecified atom stereocenters. The zero-order valence-corrected chi connectivity index (χ0v) is 9.64. The van der Waals surface area contributed by atoms with Crippen molar-refractivity contribution in [2.75, 3.05) is 5.32 Å². The molecule has 1 aromatic carbocycles. The maximum absolute atomic E-state index is 11.7. The van der Waals surface area contributed by atoms with Crippen LogP contribution in [0.4, 0.5) is 5.69 Å². The largest absolute Gasteiger partial charge is 0.325 e. The van der Waals surface area contributed by atoms with Gasteiger partial charge in [0, 0.05) is 5.92 Å². The van der Waals surface area contributed by atoms with Crippen LogP contribution in [-0.2, 0) is 4.79 Å². The van der Waals surface area contributed by atoms with Crippen LogP contribution in [0.2, 0.25) is 5.02 Å². The summed E-state index contributed by atoms with van der Waals surface area (Å²) in [7, 11) is 0. The molecule has 0 saturated heterocycles. The number of amides is 1. The van der Waals surface area contributed by atoms with E-state index in [0.717, 1.165) is 12.0 Å². The van der Waals surface area contributed by atoms with Crippen LogP contribution < -0.4 is 5.32 Å². The van der Waals surface area contributed by atoms with Crippen LogP contribution in [0.3, 0.4) is 0 Å². The Bertz CT molecular complexity index is 403. The highest BCUT2D eigenvalue weighted by atomic mass is 35.5. The molecule has 1 fully saturated rings. The van der Waals surface area contributed by atoms with E-state index in [9.17, 15) is 4.79 Å². The molecule has 3 heteroatoms. The van der Waals surface area contributed by atoms with E-state index in [2.05, 4.69) is 12.2 Å². The van der Waals surface area contributed by atoms with Crippen LogP contribution in [0.25, 0.3) is 0 Å². The first-order valence-corrected chi connectivity index (χ1v) is 5.52. The standard InChI is InChI=1S/C12H14ClNO/c1-7-3-4-11(10(13)5-7)14-12(15)9-6-8(9)2/h3-5,8-9H,6H2,1-2H3,(H,14,15)/t8-,9+/m0/s1. The number of halogens is 1. The molecular weight excluding hydrogens is 210 g/mol. The summed E-state index contributed by atoms with van der Waals surface area (Å²) in [6.45, 7) is 4.06. The second-order valence-electron chi connectivity index (χ2n) is 4.29. The van der Waals surface area contributed by atoms with Crippen molar-refractivity contribution >= 4 is 23.2 Å². The molecule has 1 aromatic rings. The van der Waals surface area contributed by atoms with E-state index in [-0.39, 0.29) is 11.8 Å². The average molecular weight is 224 g/mol. The Labute approximate surface area is 94.6 Å². The quantitative estimate of drug-likeness (QED) is 0.820. The number of benzene rings is 1. The fourth-order valence-electron chi connectivity index (χ4n) is 1.63. The first kappa shape index (κ1) is 10.5. The van der Waals surface area contributed by atoms with E-state index < -0.39 is 0 Å². The number of anilines is 1. The summed E-state index contributed by atoms with van der Waals surface area (Å²) in [5.41, 5.74) is 1.81. The van der Waals surface area contributed by atoms with Crippen LogP contribution >= 0.6 is 11.6 Å². The van der Waals surface area contributed by atoms with E-state index in [1.807, 2.05) is 25.1 Å².